The van der Waals surface area contributed by atoms with E-state index in [1.807, 2.05) is 0 Å². The fourth-order valence-electron chi connectivity index (χ4n) is 28.1. The van der Waals surface area contributed by atoms with Gasteiger partial charge in [0.25, 0.3) is 0 Å². The van der Waals surface area contributed by atoms with Crippen molar-refractivity contribution < 1.29 is 137 Å². The van der Waals surface area contributed by atoms with E-state index in [1.54, 1.807) is 0 Å². The smallest absolute Gasteiger partial charge is 0.339 e. The molecule has 0 spiro atoms. The molecule has 34 atom stereocenters. The number of ether oxygens (including phenoxy) is 10. The first-order valence-electron chi connectivity index (χ1n) is 43.5. The van der Waals surface area contributed by atoms with Crippen molar-refractivity contribution in [2.45, 2.75) is 348 Å². The van der Waals surface area contributed by atoms with E-state index in [2.05, 4.69) is 109 Å². The Kier molecular flexibility index (Phi) is 22.6. The summed E-state index contributed by atoms with van der Waals surface area (Å²) in [5, 5.41) is 135. The minimum absolute atomic E-state index is 0.00994. The fraction of sp³-hybridized carbons (Fsp3) is 0.822. The van der Waals surface area contributed by atoms with Crippen LogP contribution in [0, 0.1) is 100 Å². The molecule has 14 aliphatic rings. The van der Waals surface area contributed by atoms with Gasteiger partial charge in [-0.15, -0.1) is 0 Å². The molecule has 0 bridgehead atoms. The Morgan fingerprint density at radius 1 is 0.390 bits per heavy atom. The summed E-state index contributed by atoms with van der Waals surface area (Å²) in [7, 11) is 0. The van der Waals surface area contributed by atoms with Crippen LogP contribution in [0.15, 0.2) is 47.6 Å². The first-order valence-corrected chi connectivity index (χ1v) is 43.5. The van der Waals surface area contributed by atoms with Gasteiger partial charge in [-0.25, -0.2) is 19.2 Å². The maximum atomic E-state index is 14.2. The summed E-state index contributed by atoms with van der Waals surface area (Å²) in [5.41, 5.74) is -2.20. The molecule has 0 aromatic heterocycles. The molecule has 4 heterocycles. The van der Waals surface area contributed by atoms with Gasteiger partial charge in [-0.1, -0.05) is 132 Å². The molecule has 12 N–H and O–H groups in total. The first kappa shape index (κ1) is 87.8. The quantitative estimate of drug-likeness (QED) is 0.0416. The van der Waals surface area contributed by atoms with Crippen molar-refractivity contribution in [2.75, 3.05) is 13.2 Å². The van der Waals surface area contributed by atoms with Gasteiger partial charge in [0.15, 0.2) is 49.6 Å². The first-order chi connectivity index (χ1) is 55.0. The van der Waals surface area contributed by atoms with Crippen molar-refractivity contribution in [2.24, 2.45) is 100 Å². The van der Waals surface area contributed by atoms with E-state index in [0.29, 0.717) is 51.4 Å². The zero-order chi connectivity index (χ0) is 85.7. The van der Waals surface area contributed by atoms with Gasteiger partial charge >= 0.3 is 35.8 Å². The average Bonchev–Trinajstić information content (AvgIpc) is 0.678. The fourth-order valence-corrected chi connectivity index (χ4v) is 28.1. The van der Waals surface area contributed by atoms with E-state index in [-0.39, 0.29) is 78.8 Å². The Morgan fingerprint density at radius 3 is 1.09 bits per heavy atom. The van der Waals surface area contributed by atoms with Crippen molar-refractivity contribution >= 4 is 35.8 Å². The van der Waals surface area contributed by atoms with Gasteiger partial charge in [0.05, 0.1) is 47.4 Å². The Balaban J connectivity index is 0.574. The lowest BCUT2D eigenvalue weighted by atomic mass is 9.33. The lowest BCUT2D eigenvalue weighted by molar-refractivity contribution is -0.365. The van der Waals surface area contributed by atoms with E-state index in [9.17, 15) is 90.0 Å². The normalized spacial score (nSPS) is 49.0. The molecule has 28 heteroatoms. The van der Waals surface area contributed by atoms with E-state index in [0.717, 1.165) is 77.0 Å². The third-order valence-electron chi connectivity index (χ3n) is 35.5. The molecule has 0 unspecified atom stereocenters. The number of allylic oxidation sites excluding steroid dienone is 4. The lowest BCUT2D eigenvalue weighted by Crippen LogP contribution is -2.67. The molecule has 10 aliphatic carbocycles. The van der Waals surface area contributed by atoms with Crippen LogP contribution in [0.1, 0.15) is 246 Å². The van der Waals surface area contributed by atoms with Crippen LogP contribution in [0.5, 0.6) is 0 Å². The van der Waals surface area contributed by atoms with Gasteiger partial charge in [0.2, 0.25) is 0 Å². The van der Waals surface area contributed by atoms with Gasteiger partial charge in [-0.2, -0.15) is 0 Å². The highest BCUT2D eigenvalue weighted by Crippen LogP contribution is 2.79. The Labute approximate surface area is 690 Å². The molecule has 0 amide bonds. The predicted molar refractivity (Wildman–Crippen MR) is 418 cm³/mol. The molecule has 4 saturated heterocycles. The molecular formula is C90H130O28. The number of benzene rings is 1. The van der Waals surface area contributed by atoms with E-state index < -0.39 is 205 Å². The number of carboxylic acid groups (broad SMARTS) is 4. The summed E-state index contributed by atoms with van der Waals surface area (Å²) < 4.78 is 61.2. The number of esters is 2. The molecule has 28 nitrogen and oxygen atoms in total. The summed E-state index contributed by atoms with van der Waals surface area (Å²) in [6.07, 6.45) is -15.6. The second-order valence-electron chi connectivity index (χ2n) is 42.8. The minimum Gasteiger partial charge on any atom is -0.481 e. The summed E-state index contributed by atoms with van der Waals surface area (Å²) >= 11 is 0. The highest BCUT2D eigenvalue weighted by molar-refractivity contribution is 6.03. The van der Waals surface area contributed by atoms with Crippen molar-refractivity contribution in [1.29, 1.82) is 0 Å². The molecule has 8 saturated carbocycles. The van der Waals surface area contributed by atoms with Crippen LogP contribution in [0.3, 0.4) is 0 Å². The summed E-state index contributed by atoms with van der Waals surface area (Å²) in [4.78, 5) is 80.4. The molecule has 658 valence electrons. The molecule has 15 rings (SSSR count). The molecule has 12 fully saturated rings. The van der Waals surface area contributed by atoms with E-state index >= 15 is 0 Å². The van der Waals surface area contributed by atoms with Crippen LogP contribution in [0.4, 0.5) is 0 Å². The topological polar surface area (TPSA) is 437 Å². The average molecular weight is 1660 g/mol. The molecule has 118 heavy (non-hydrogen) atoms. The SMILES string of the molecule is CC1(C)CC[C@]2(C(=O)O)CC[C@]3(C)C(=CC[C@@H]4[C@@]5(C)CC[C@H](O[C@@H]6O[C@H](C(=O)O)[C@@H](O)[C@H](O)[C@H]6O[C@@H]6OC[C@@H](OC(=O)c7ccccc7C(=O)O[C@@H]7CO[C@@H](O[C@H]8[C@H](O[C@H]9CC[C@]%10(C)[C@H]%11CC=C%12[C@@H]%13CC(C)(C)CC[C@]%13(C(=O)O)CC[C@@]%12(C)[C@]%11(C)CC[C@H]%10C9(C)C)O[C@H](C(=O)O)[C@@H](O)[C@@H]8O)[C@H](O)[C@H]7O)[C@H](O)[C@H]6O)C(C)(C)[C@H]5CC[C@]43C)[C@@H]2C1. The van der Waals surface area contributed by atoms with Gasteiger partial charge < -0.3 is 109 Å². The number of aliphatic hydroxyl groups excluding tert-OH is 8. The maximum absolute atomic E-state index is 14.2. The van der Waals surface area contributed by atoms with Gasteiger partial charge in [-0.05, 0) is 230 Å². The van der Waals surface area contributed by atoms with Gasteiger partial charge in [0.1, 0.15) is 61.0 Å². The third kappa shape index (κ3) is 13.6. The summed E-state index contributed by atoms with van der Waals surface area (Å²) in [5.74, 6) is -6.53. The predicted octanol–water partition coefficient (Wildman–Crippen LogP) is 9.27. The van der Waals surface area contributed by atoms with Crippen LogP contribution in [-0.4, -0.2) is 233 Å². The number of carbonyl (C=O) groups excluding carboxylic acids is 2. The van der Waals surface area contributed by atoms with E-state index in [1.165, 1.54) is 35.4 Å². The molecule has 0 radical (unpaired) electrons. The van der Waals surface area contributed by atoms with Crippen LogP contribution >= 0.6 is 0 Å². The second-order valence-corrected chi connectivity index (χ2v) is 42.8. The zero-order valence-electron chi connectivity index (χ0n) is 70.9. The monoisotopic (exact) mass is 1660 g/mol. The number of aliphatic carboxylic acids is 4. The van der Waals surface area contributed by atoms with Crippen molar-refractivity contribution in [3.8, 4) is 0 Å². The van der Waals surface area contributed by atoms with E-state index in [4.69, 9.17) is 47.4 Å². The molecule has 4 aliphatic heterocycles. The molecule has 1 aromatic carbocycles. The van der Waals surface area contributed by atoms with Gasteiger partial charge in [-0.3, -0.25) is 9.59 Å². The minimum atomic E-state index is -2.07. The van der Waals surface area contributed by atoms with Crippen LogP contribution < -0.4 is 0 Å². The summed E-state index contributed by atoms with van der Waals surface area (Å²) in [6.45, 7) is 30.5. The number of rotatable bonds is 16. The van der Waals surface area contributed by atoms with Gasteiger partial charge in [0, 0.05) is 0 Å². The number of hydrogen-bond acceptors (Lipinski definition) is 24. The standard InChI is InChI=1S/C90H130O28/c1-79(2)31-35-89(77(105)106)37-33-85(11)45(47(89)39-79)19-21-53-83(9)27-25-55(81(5,6)51(83)23-29-87(53,85)13)113-75-67(61(95)59(93)65(115-75)69(99)100)117-73-63(97)57(91)49(41-109-73)111-71(103)43-17-15-16-18-44(43)72(104)112-50-42-110-74(64(98)58(50)92)118-68-62(96)60(94)66(70(101)102)116-76(68)114-56-26-28-84(10)52(82(56,7)8)24-30-88(14)54(84)22-20-46-48-40-80(3,4)32-36-90(48,78(107)108)38-34-86(46,88)12/h15-20,47-68,73-76,91-98H,21-42H2,1-14H3,(H,99,100)(H,101,102)(H,105,106)(H,107,108)/t47-,48-,49+,50+,51-,52+,53+,54+,55-,56-,57-,58-,59-,60-,61-,62-,63+,64+,65-,66-,67+,68+,73-,74-,75+,76+,83-,84-,85+,86+,87+,88+,89-,90-/m0/s1. The Hall–Kier alpha value is -5.12. The number of fused-ring (bicyclic) bond motifs is 14. The van der Waals surface area contributed by atoms with Crippen molar-refractivity contribution in [3.63, 3.8) is 0 Å². The molecular weight excluding hydrogens is 1530 g/mol. The van der Waals surface area contributed by atoms with Crippen LogP contribution in [-0.2, 0) is 66.5 Å². The lowest BCUT2D eigenvalue weighted by Gasteiger charge is -2.71. The highest BCUT2D eigenvalue weighted by atomic mass is 16.8. The second kappa shape index (κ2) is 30.4. The van der Waals surface area contributed by atoms with Crippen molar-refractivity contribution in [3.05, 3.63) is 58.7 Å². The molecule has 1 aromatic rings. The number of carbonyl (C=O) groups is 6. The van der Waals surface area contributed by atoms with Crippen LogP contribution in [0.25, 0.3) is 0 Å². The maximum Gasteiger partial charge on any atom is 0.339 e. The highest BCUT2D eigenvalue weighted by Gasteiger charge is 2.73. The largest absolute Gasteiger partial charge is 0.481 e. The number of carboxylic acids is 4. The third-order valence-corrected chi connectivity index (χ3v) is 35.5. The Morgan fingerprint density at radius 2 is 0.746 bits per heavy atom. The van der Waals surface area contributed by atoms with Crippen LogP contribution in [0.2, 0.25) is 0 Å². The number of aliphatic hydroxyl groups is 8. The number of hydrogen-bond donors (Lipinski definition) is 12. The summed E-state index contributed by atoms with van der Waals surface area (Å²) in [6, 6.07) is 5.19. The zero-order valence-corrected chi connectivity index (χ0v) is 70.9. The van der Waals surface area contributed by atoms with Crippen molar-refractivity contribution in [1.82, 2.24) is 0 Å². The Bertz CT molecular complexity index is 3860.